The van der Waals surface area contributed by atoms with Crippen LogP contribution < -0.4 is 4.90 Å². The summed E-state index contributed by atoms with van der Waals surface area (Å²) in [5.74, 6) is 0.233. The third-order valence-corrected chi connectivity index (χ3v) is 3.21. The van der Waals surface area contributed by atoms with E-state index in [4.69, 9.17) is 0 Å². The van der Waals surface area contributed by atoms with E-state index in [1.807, 2.05) is 6.07 Å². The van der Waals surface area contributed by atoms with E-state index in [-0.39, 0.29) is 5.75 Å². The molecule has 0 radical (unpaired) electrons. The topological polar surface area (TPSA) is 35.8 Å². The number of hydrogen-bond donors (Lipinski definition) is 1. The number of phenols is 1. The predicted molar refractivity (Wildman–Crippen MR) is 85.4 cm³/mol. The van der Waals surface area contributed by atoms with Crippen molar-refractivity contribution in [3.63, 3.8) is 0 Å². The Kier molecular flexibility index (Phi) is 4.77. The zero-order valence-electron chi connectivity index (χ0n) is 12.0. The van der Waals surface area contributed by atoms with Gasteiger partial charge in [-0.25, -0.2) is 0 Å². The summed E-state index contributed by atoms with van der Waals surface area (Å²) in [4.78, 5) is 6.66. The molecule has 0 bridgehead atoms. The smallest absolute Gasteiger partial charge is 0.117 e. The second-order valence-corrected chi connectivity index (χ2v) is 4.54. The van der Waals surface area contributed by atoms with Crippen LogP contribution in [0.15, 0.2) is 53.5 Å². The fourth-order valence-electron chi connectivity index (χ4n) is 2.08. The molecule has 0 aromatic heterocycles. The third kappa shape index (κ3) is 3.60. The van der Waals surface area contributed by atoms with Gasteiger partial charge >= 0.3 is 0 Å². The number of nitrogens with zero attached hydrogens (tertiary/aromatic N) is 2. The Bertz CT molecular complexity index is 572. The van der Waals surface area contributed by atoms with Gasteiger partial charge in [-0.3, -0.25) is 4.99 Å². The van der Waals surface area contributed by atoms with E-state index in [9.17, 15) is 5.11 Å². The summed E-state index contributed by atoms with van der Waals surface area (Å²) < 4.78 is 0. The number of phenolic OH excluding ortho intramolecular Hbond substituents is 1. The Morgan fingerprint density at radius 3 is 2.35 bits per heavy atom. The van der Waals surface area contributed by atoms with Crippen LogP contribution in [0.1, 0.15) is 19.4 Å². The summed E-state index contributed by atoms with van der Waals surface area (Å²) in [6, 6.07) is 15.2. The number of benzene rings is 2. The summed E-state index contributed by atoms with van der Waals surface area (Å²) in [6.07, 6.45) is 1.81. The minimum Gasteiger partial charge on any atom is -0.508 e. The summed E-state index contributed by atoms with van der Waals surface area (Å²) >= 11 is 0. The fraction of sp³-hybridized carbons (Fsp3) is 0.235. The average Bonchev–Trinajstić information content (AvgIpc) is 2.48. The molecule has 0 spiro atoms. The monoisotopic (exact) mass is 268 g/mol. The van der Waals surface area contributed by atoms with Crippen molar-refractivity contribution in [2.24, 2.45) is 4.99 Å². The molecule has 0 fully saturated rings. The van der Waals surface area contributed by atoms with Crippen molar-refractivity contribution in [3.8, 4) is 5.75 Å². The standard InChI is InChI=1S/C17H20N2O/c1-3-19(4-2)16-10-8-14(9-11-16)13-18-15-6-5-7-17(20)12-15/h5-13,20H,3-4H2,1-2H3. The van der Waals surface area contributed by atoms with Crippen LogP contribution in [0.5, 0.6) is 5.75 Å². The minimum atomic E-state index is 0.233. The normalized spacial score (nSPS) is 10.9. The average molecular weight is 268 g/mol. The number of aromatic hydroxyl groups is 1. The van der Waals surface area contributed by atoms with Crippen molar-refractivity contribution in [1.82, 2.24) is 0 Å². The summed E-state index contributed by atoms with van der Waals surface area (Å²) in [5.41, 5.74) is 3.02. The highest BCUT2D eigenvalue weighted by atomic mass is 16.3. The molecule has 0 saturated carbocycles. The second-order valence-electron chi connectivity index (χ2n) is 4.54. The highest BCUT2D eigenvalue weighted by Crippen LogP contribution is 2.19. The highest BCUT2D eigenvalue weighted by molar-refractivity contribution is 5.82. The summed E-state index contributed by atoms with van der Waals surface area (Å²) in [7, 11) is 0. The maximum Gasteiger partial charge on any atom is 0.117 e. The Morgan fingerprint density at radius 2 is 1.75 bits per heavy atom. The van der Waals surface area contributed by atoms with Gasteiger partial charge in [-0.15, -0.1) is 0 Å². The minimum absolute atomic E-state index is 0.233. The van der Waals surface area contributed by atoms with Crippen LogP contribution in [-0.4, -0.2) is 24.4 Å². The van der Waals surface area contributed by atoms with Crippen LogP contribution in [-0.2, 0) is 0 Å². The lowest BCUT2D eigenvalue weighted by molar-refractivity contribution is 0.475. The van der Waals surface area contributed by atoms with Gasteiger partial charge in [-0.1, -0.05) is 18.2 Å². The maximum atomic E-state index is 9.38. The Balaban J connectivity index is 2.11. The van der Waals surface area contributed by atoms with E-state index in [2.05, 4.69) is 48.0 Å². The van der Waals surface area contributed by atoms with E-state index in [0.29, 0.717) is 0 Å². The van der Waals surface area contributed by atoms with Crippen LogP contribution in [0.25, 0.3) is 0 Å². The predicted octanol–water partition coefficient (Wildman–Crippen LogP) is 3.99. The number of hydrogen-bond acceptors (Lipinski definition) is 3. The first kappa shape index (κ1) is 14.1. The second kappa shape index (κ2) is 6.75. The molecule has 3 nitrogen and oxygen atoms in total. The van der Waals surface area contributed by atoms with Crippen LogP contribution in [0.3, 0.4) is 0 Å². The van der Waals surface area contributed by atoms with Crippen molar-refractivity contribution in [3.05, 3.63) is 54.1 Å². The number of anilines is 1. The van der Waals surface area contributed by atoms with E-state index in [1.54, 1.807) is 24.4 Å². The molecule has 2 aromatic carbocycles. The molecule has 3 heteroatoms. The van der Waals surface area contributed by atoms with Crippen molar-refractivity contribution >= 4 is 17.6 Å². The van der Waals surface area contributed by atoms with Crippen molar-refractivity contribution in [2.45, 2.75) is 13.8 Å². The molecule has 104 valence electrons. The molecule has 0 aliphatic heterocycles. The molecule has 2 rings (SSSR count). The van der Waals surface area contributed by atoms with Gasteiger partial charge in [0, 0.05) is 31.1 Å². The Hall–Kier alpha value is -2.29. The van der Waals surface area contributed by atoms with Gasteiger partial charge in [0.05, 0.1) is 5.69 Å². The first-order valence-electron chi connectivity index (χ1n) is 6.91. The first-order chi connectivity index (χ1) is 9.72. The Morgan fingerprint density at radius 1 is 1.05 bits per heavy atom. The van der Waals surface area contributed by atoms with Crippen molar-refractivity contribution in [2.75, 3.05) is 18.0 Å². The molecular formula is C17H20N2O. The SMILES string of the molecule is CCN(CC)c1ccc(C=Nc2cccc(O)c2)cc1. The van der Waals surface area contributed by atoms with Gasteiger partial charge in [0.25, 0.3) is 0 Å². The van der Waals surface area contributed by atoms with Gasteiger partial charge in [-0.05, 0) is 43.7 Å². The van der Waals surface area contributed by atoms with Crippen LogP contribution in [0.4, 0.5) is 11.4 Å². The molecule has 0 heterocycles. The molecule has 0 aliphatic carbocycles. The highest BCUT2D eigenvalue weighted by Gasteiger charge is 2.00. The zero-order valence-corrected chi connectivity index (χ0v) is 12.0. The zero-order chi connectivity index (χ0) is 14.4. The lowest BCUT2D eigenvalue weighted by Crippen LogP contribution is -2.21. The molecule has 2 aromatic rings. The van der Waals surface area contributed by atoms with Gasteiger partial charge in [0.2, 0.25) is 0 Å². The fourth-order valence-corrected chi connectivity index (χ4v) is 2.08. The maximum absolute atomic E-state index is 9.38. The molecule has 0 amide bonds. The third-order valence-electron chi connectivity index (χ3n) is 3.21. The van der Waals surface area contributed by atoms with Crippen LogP contribution >= 0.6 is 0 Å². The van der Waals surface area contributed by atoms with E-state index < -0.39 is 0 Å². The molecule has 0 unspecified atom stereocenters. The van der Waals surface area contributed by atoms with E-state index in [1.165, 1.54) is 5.69 Å². The molecule has 20 heavy (non-hydrogen) atoms. The van der Waals surface area contributed by atoms with Gasteiger partial charge in [0.15, 0.2) is 0 Å². The van der Waals surface area contributed by atoms with Crippen molar-refractivity contribution in [1.29, 1.82) is 0 Å². The van der Waals surface area contributed by atoms with Crippen LogP contribution in [0, 0.1) is 0 Å². The molecule has 0 aliphatic rings. The lowest BCUT2D eigenvalue weighted by atomic mass is 10.2. The largest absolute Gasteiger partial charge is 0.508 e. The lowest BCUT2D eigenvalue weighted by Gasteiger charge is -2.20. The number of aliphatic imine (C=N–C) groups is 1. The van der Waals surface area contributed by atoms with E-state index in [0.717, 1.165) is 24.3 Å². The van der Waals surface area contributed by atoms with E-state index >= 15 is 0 Å². The summed E-state index contributed by atoms with van der Waals surface area (Å²) in [5, 5.41) is 9.38. The quantitative estimate of drug-likeness (QED) is 0.832. The molecular weight excluding hydrogens is 248 g/mol. The molecule has 1 N–H and O–H groups in total. The molecule has 0 atom stereocenters. The van der Waals surface area contributed by atoms with Gasteiger partial charge < -0.3 is 10.0 Å². The molecule has 0 saturated heterocycles. The first-order valence-corrected chi connectivity index (χ1v) is 6.91. The van der Waals surface area contributed by atoms with Gasteiger partial charge in [-0.2, -0.15) is 0 Å². The summed E-state index contributed by atoms with van der Waals surface area (Å²) in [6.45, 7) is 6.32. The van der Waals surface area contributed by atoms with Crippen molar-refractivity contribution < 1.29 is 5.11 Å². The van der Waals surface area contributed by atoms with Crippen LogP contribution in [0.2, 0.25) is 0 Å². The van der Waals surface area contributed by atoms with Gasteiger partial charge in [0.1, 0.15) is 5.75 Å². The number of rotatable bonds is 5. The Labute approximate surface area is 120 Å².